The second-order valence-corrected chi connectivity index (χ2v) is 2.70. The number of nitrogens with zero attached hydrogens (tertiary/aromatic N) is 1. The minimum atomic E-state index is -1.59. The van der Waals surface area contributed by atoms with Crippen LogP contribution in [0.4, 0.5) is 14.5 Å². The van der Waals surface area contributed by atoms with E-state index in [0.717, 1.165) is 7.11 Å². The molecule has 0 fully saturated rings. The average molecular weight is 224 g/mol. The van der Waals surface area contributed by atoms with E-state index < -0.39 is 28.0 Å². The van der Waals surface area contributed by atoms with Crippen molar-refractivity contribution in [3.05, 3.63) is 32.8 Å². The highest BCUT2D eigenvalue weighted by Crippen LogP contribution is 2.37. The molecule has 0 heterocycles. The Hall–Kier alpha value is -1.43. The first-order valence-corrected chi connectivity index (χ1v) is 3.72. The molecule has 1 rings (SSSR count). The van der Waals surface area contributed by atoms with Gasteiger partial charge < -0.3 is 4.74 Å². The molecule has 0 spiro atoms. The summed E-state index contributed by atoms with van der Waals surface area (Å²) < 4.78 is 30.1. The molecule has 0 bridgehead atoms. The monoisotopic (exact) mass is 223 g/mol. The number of ether oxygens (including phenoxy) is 1. The van der Waals surface area contributed by atoms with E-state index >= 15 is 0 Å². The van der Waals surface area contributed by atoms with Gasteiger partial charge >= 0.3 is 5.69 Å². The zero-order valence-electron chi connectivity index (χ0n) is 6.88. The predicted molar refractivity (Wildman–Crippen MR) is 44.6 cm³/mol. The normalized spacial score (nSPS) is 10.0. The van der Waals surface area contributed by atoms with Crippen molar-refractivity contribution in [3.63, 3.8) is 0 Å². The van der Waals surface area contributed by atoms with Crippen molar-refractivity contribution < 1.29 is 18.4 Å². The smallest absolute Gasteiger partial charge is 0.350 e. The predicted octanol–water partition coefficient (Wildman–Crippen LogP) is 2.54. The lowest BCUT2D eigenvalue weighted by Crippen LogP contribution is -2.00. The second-order valence-electron chi connectivity index (χ2n) is 2.29. The zero-order valence-corrected chi connectivity index (χ0v) is 7.64. The topological polar surface area (TPSA) is 52.4 Å². The van der Waals surface area contributed by atoms with Crippen molar-refractivity contribution in [2.75, 3.05) is 7.11 Å². The van der Waals surface area contributed by atoms with Crippen LogP contribution < -0.4 is 4.74 Å². The quantitative estimate of drug-likeness (QED) is 0.440. The molecule has 0 atom stereocenters. The van der Waals surface area contributed by atoms with Crippen molar-refractivity contribution >= 4 is 17.3 Å². The highest BCUT2D eigenvalue weighted by molar-refractivity contribution is 6.32. The maximum absolute atomic E-state index is 12.9. The minimum Gasteiger partial charge on any atom is -0.489 e. The van der Waals surface area contributed by atoms with Gasteiger partial charge in [0.1, 0.15) is 0 Å². The van der Waals surface area contributed by atoms with Gasteiger partial charge in [0.25, 0.3) is 0 Å². The van der Waals surface area contributed by atoms with Gasteiger partial charge in [0.05, 0.1) is 17.1 Å². The molecule has 0 radical (unpaired) electrons. The Balaban J connectivity index is 3.56. The van der Waals surface area contributed by atoms with Gasteiger partial charge in [0.15, 0.2) is 5.82 Å². The molecule has 76 valence electrons. The number of nitro groups is 1. The molecular weight excluding hydrogens is 220 g/mol. The summed E-state index contributed by atoms with van der Waals surface area (Å²) in [6.45, 7) is 0. The maximum atomic E-state index is 12.9. The van der Waals surface area contributed by atoms with E-state index in [1.54, 1.807) is 0 Å². The van der Waals surface area contributed by atoms with Crippen LogP contribution in [0.3, 0.4) is 0 Å². The van der Waals surface area contributed by atoms with Crippen molar-refractivity contribution in [2.45, 2.75) is 0 Å². The summed E-state index contributed by atoms with van der Waals surface area (Å²) in [6, 6.07) is 0.614. The van der Waals surface area contributed by atoms with Crippen LogP contribution in [-0.2, 0) is 0 Å². The third-order valence-corrected chi connectivity index (χ3v) is 1.77. The minimum absolute atomic E-state index is 0.349. The molecule has 0 aliphatic rings. The Kier molecular flexibility index (Phi) is 2.85. The van der Waals surface area contributed by atoms with Gasteiger partial charge in [-0.2, -0.15) is 4.39 Å². The lowest BCUT2D eigenvalue weighted by atomic mass is 10.2. The first kappa shape index (κ1) is 10.6. The highest BCUT2D eigenvalue weighted by Gasteiger charge is 2.28. The Bertz CT molecular complexity index is 397. The lowest BCUT2D eigenvalue weighted by Gasteiger charge is -2.04. The summed E-state index contributed by atoms with van der Waals surface area (Å²) in [7, 11) is 1.07. The molecule has 0 N–H and O–H groups in total. The van der Waals surface area contributed by atoms with Crippen LogP contribution in [0.5, 0.6) is 5.75 Å². The molecule has 0 aromatic heterocycles. The van der Waals surface area contributed by atoms with E-state index in [0.29, 0.717) is 6.07 Å². The molecule has 0 saturated carbocycles. The number of methoxy groups -OCH3 is 1. The Morgan fingerprint density at radius 1 is 1.57 bits per heavy atom. The largest absolute Gasteiger partial charge is 0.489 e. The van der Waals surface area contributed by atoms with Crippen molar-refractivity contribution in [2.24, 2.45) is 0 Å². The van der Waals surface area contributed by atoms with Crippen LogP contribution in [0, 0.1) is 21.7 Å². The van der Waals surface area contributed by atoms with Crippen molar-refractivity contribution in [1.82, 2.24) is 0 Å². The van der Waals surface area contributed by atoms with Gasteiger partial charge in [-0.25, -0.2) is 4.39 Å². The van der Waals surface area contributed by atoms with Crippen LogP contribution in [0.25, 0.3) is 0 Å². The number of hydrogen-bond donors (Lipinski definition) is 0. The number of halogens is 3. The average Bonchev–Trinajstić information content (AvgIpc) is 2.10. The van der Waals surface area contributed by atoms with E-state index in [4.69, 9.17) is 11.6 Å². The Morgan fingerprint density at radius 2 is 2.14 bits per heavy atom. The highest BCUT2D eigenvalue weighted by atomic mass is 35.5. The molecule has 0 saturated heterocycles. The third-order valence-electron chi connectivity index (χ3n) is 1.49. The zero-order chi connectivity index (χ0) is 10.9. The number of rotatable bonds is 2. The summed E-state index contributed by atoms with van der Waals surface area (Å²) in [5, 5.41) is 10.0. The van der Waals surface area contributed by atoms with Gasteiger partial charge in [0.2, 0.25) is 11.6 Å². The molecular formula is C7H4ClF2NO3. The molecule has 1 aromatic rings. The van der Waals surface area contributed by atoms with Crippen LogP contribution in [-0.4, -0.2) is 12.0 Å². The molecule has 0 unspecified atom stereocenters. The molecule has 14 heavy (non-hydrogen) atoms. The van der Waals surface area contributed by atoms with Crippen LogP contribution >= 0.6 is 11.6 Å². The standard InChI is InChI=1S/C7H4ClF2NO3/c1-14-7-3(8)2-4(9)5(10)6(7)11(12)13/h2H,1H3. The van der Waals surface area contributed by atoms with Crippen molar-refractivity contribution in [3.8, 4) is 5.75 Å². The molecule has 4 nitrogen and oxygen atoms in total. The fourth-order valence-corrected chi connectivity index (χ4v) is 1.19. The van der Waals surface area contributed by atoms with Gasteiger partial charge in [-0.1, -0.05) is 11.6 Å². The molecule has 1 aromatic carbocycles. The number of benzene rings is 1. The Morgan fingerprint density at radius 3 is 2.57 bits per heavy atom. The van der Waals surface area contributed by atoms with E-state index in [2.05, 4.69) is 4.74 Å². The second kappa shape index (κ2) is 3.75. The fraction of sp³-hybridized carbons (Fsp3) is 0.143. The van der Waals surface area contributed by atoms with E-state index in [1.165, 1.54) is 0 Å². The SMILES string of the molecule is COc1c(Cl)cc(F)c(F)c1[N+](=O)[O-]. The van der Waals surface area contributed by atoms with Crippen LogP contribution in [0.1, 0.15) is 0 Å². The van der Waals surface area contributed by atoms with Crippen LogP contribution in [0.2, 0.25) is 5.02 Å². The van der Waals surface area contributed by atoms with E-state index in [1.807, 2.05) is 0 Å². The fourth-order valence-electron chi connectivity index (χ4n) is 0.923. The summed E-state index contributed by atoms with van der Waals surface area (Å²) in [5.41, 5.74) is -1.10. The first-order valence-electron chi connectivity index (χ1n) is 3.35. The molecule has 0 aliphatic carbocycles. The first-order chi connectivity index (χ1) is 6.49. The number of hydrogen-bond acceptors (Lipinski definition) is 3. The number of nitro benzene ring substituents is 1. The molecule has 7 heteroatoms. The Labute approximate surface area is 82.2 Å². The van der Waals surface area contributed by atoms with E-state index in [-0.39, 0.29) is 5.02 Å². The summed E-state index contributed by atoms with van der Waals surface area (Å²) in [4.78, 5) is 9.27. The summed E-state index contributed by atoms with van der Waals surface area (Å²) >= 11 is 5.41. The maximum Gasteiger partial charge on any atom is 0.350 e. The van der Waals surface area contributed by atoms with Gasteiger partial charge in [-0.3, -0.25) is 10.1 Å². The van der Waals surface area contributed by atoms with Crippen LogP contribution in [0.15, 0.2) is 6.07 Å². The molecule has 0 aliphatic heterocycles. The van der Waals surface area contributed by atoms with Gasteiger partial charge in [-0.15, -0.1) is 0 Å². The summed E-state index contributed by atoms with van der Waals surface area (Å²) in [5.74, 6) is -3.46. The molecule has 0 amide bonds. The van der Waals surface area contributed by atoms with Crippen molar-refractivity contribution in [1.29, 1.82) is 0 Å². The summed E-state index contributed by atoms with van der Waals surface area (Å²) in [6.07, 6.45) is 0. The van der Waals surface area contributed by atoms with Gasteiger partial charge in [-0.05, 0) is 6.07 Å². The lowest BCUT2D eigenvalue weighted by molar-refractivity contribution is -0.388. The third kappa shape index (κ3) is 1.60. The van der Waals surface area contributed by atoms with E-state index in [9.17, 15) is 18.9 Å². The van der Waals surface area contributed by atoms with Gasteiger partial charge in [0, 0.05) is 0 Å².